The summed E-state index contributed by atoms with van der Waals surface area (Å²) in [6, 6.07) is 21.1. The van der Waals surface area contributed by atoms with E-state index < -0.39 is 0 Å². The number of quaternary nitrogens is 1. The first-order valence-electron chi connectivity index (χ1n) is 9.41. The highest BCUT2D eigenvalue weighted by molar-refractivity contribution is 5.24. The maximum absolute atomic E-state index is 6.56. The average molecular weight is 376 g/mol. The van der Waals surface area contributed by atoms with Crippen molar-refractivity contribution in [2.45, 2.75) is 46.1 Å². The smallest absolute Gasteiger partial charge is 0.190 e. The molecule has 144 valence electrons. The minimum Gasteiger partial charge on any atom is -1.00 e. The van der Waals surface area contributed by atoms with Crippen LogP contribution >= 0.6 is 0 Å². The summed E-state index contributed by atoms with van der Waals surface area (Å²) in [5, 5.41) is 0. The first-order valence-corrected chi connectivity index (χ1v) is 9.41. The van der Waals surface area contributed by atoms with Crippen LogP contribution in [0.25, 0.3) is 0 Å². The predicted octanol–water partition coefficient (Wildman–Crippen LogP) is 3.05. The van der Waals surface area contributed by atoms with Gasteiger partial charge in [-0.05, 0) is 24.0 Å². The Morgan fingerprint density at radius 3 is 1.62 bits per heavy atom. The molecule has 2 aromatic rings. The Bertz CT molecular complexity index is 628. The monoisotopic (exact) mass is 375 g/mol. The lowest BCUT2D eigenvalue weighted by Crippen LogP contribution is -3.00. The van der Waals surface area contributed by atoms with Crippen LogP contribution < -0.4 is 17.2 Å². The molecule has 2 aromatic carbocycles. The van der Waals surface area contributed by atoms with Gasteiger partial charge in [-0.25, -0.2) is 0 Å². The van der Waals surface area contributed by atoms with Crippen molar-refractivity contribution in [1.82, 2.24) is 0 Å². The molecule has 0 heterocycles. The van der Waals surface area contributed by atoms with Crippen LogP contribution in [0.15, 0.2) is 60.7 Å². The fraction of sp³-hybridized carbons (Fsp3) is 0.478. The Labute approximate surface area is 166 Å². The molecule has 0 aliphatic rings. The van der Waals surface area contributed by atoms with Crippen LogP contribution in [0.1, 0.15) is 46.1 Å². The maximum atomic E-state index is 6.56. The molecule has 0 aliphatic carbocycles. The van der Waals surface area contributed by atoms with Crippen molar-refractivity contribution < 1.29 is 21.9 Å². The minimum atomic E-state index is -0.0978. The second-order valence-corrected chi connectivity index (χ2v) is 8.35. The second kappa shape index (κ2) is 9.43. The van der Waals surface area contributed by atoms with Gasteiger partial charge in [-0.15, -0.1) is 4.65 Å². The number of hydroxylamine groups is 3. The van der Waals surface area contributed by atoms with Gasteiger partial charge < -0.3 is 17.2 Å². The molecule has 0 saturated heterocycles. The van der Waals surface area contributed by atoms with E-state index in [1.807, 2.05) is 30.3 Å². The normalized spacial score (nSPS) is 12.2. The zero-order chi connectivity index (χ0) is 18.5. The van der Waals surface area contributed by atoms with Crippen molar-refractivity contribution in [3.8, 4) is 5.75 Å². The third-order valence-corrected chi connectivity index (χ3v) is 4.91. The van der Waals surface area contributed by atoms with Gasteiger partial charge in [-0.2, -0.15) is 0 Å². The van der Waals surface area contributed by atoms with Crippen LogP contribution in [-0.2, 0) is 5.54 Å². The van der Waals surface area contributed by atoms with Gasteiger partial charge in [0.25, 0.3) is 0 Å². The molecule has 0 aliphatic heterocycles. The van der Waals surface area contributed by atoms with E-state index in [2.05, 4.69) is 72.1 Å². The highest BCUT2D eigenvalue weighted by Crippen LogP contribution is 2.44. The molecular formula is C23H34ClNO. The molecule has 0 aromatic heterocycles. The van der Waals surface area contributed by atoms with Gasteiger partial charge in [0.15, 0.2) is 11.3 Å². The Morgan fingerprint density at radius 2 is 1.19 bits per heavy atom. The predicted molar refractivity (Wildman–Crippen MR) is 106 cm³/mol. The Hall–Kier alpha value is -1.51. The Morgan fingerprint density at radius 1 is 0.769 bits per heavy atom. The lowest BCUT2D eigenvalue weighted by atomic mass is 9.75. The molecule has 0 spiro atoms. The van der Waals surface area contributed by atoms with Gasteiger partial charge >= 0.3 is 0 Å². The highest BCUT2D eigenvalue weighted by Gasteiger charge is 2.50. The Balaban J connectivity index is 0.00000338. The molecule has 0 amide bonds. The standard InChI is InChI=1S/C23H34NO.ClH/c1-19(2)17-23(18-20(3)4,21-13-9-7-10-14-21)24(5,6)25-22-15-11-8-12-16-22;/h7-16,19-20H,17-18H2,1-6H3;1H/q+1;/p-1. The zero-order valence-electron chi connectivity index (χ0n) is 17.1. The second-order valence-electron chi connectivity index (χ2n) is 8.35. The van der Waals surface area contributed by atoms with E-state index in [1.165, 1.54) is 5.56 Å². The molecule has 0 bridgehead atoms. The SMILES string of the molecule is CC(C)CC(CC(C)C)(c1ccccc1)[N+](C)(C)Oc1ccccc1.[Cl-]. The van der Waals surface area contributed by atoms with Gasteiger partial charge in [0.05, 0.1) is 0 Å². The maximum Gasteiger partial charge on any atom is 0.190 e. The van der Waals surface area contributed by atoms with Crippen LogP contribution in [0.2, 0.25) is 0 Å². The molecule has 2 nitrogen and oxygen atoms in total. The van der Waals surface area contributed by atoms with E-state index >= 15 is 0 Å². The zero-order valence-corrected chi connectivity index (χ0v) is 17.8. The summed E-state index contributed by atoms with van der Waals surface area (Å²) in [4.78, 5) is 6.56. The Kier molecular flexibility index (Phi) is 8.17. The number of rotatable bonds is 8. The number of benzene rings is 2. The van der Waals surface area contributed by atoms with E-state index in [0.717, 1.165) is 18.6 Å². The van der Waals surface area contributed by atoms with Crippen LogP contribution in [0.4, 0.5) is 0 Å². The summed E-state index contributed by atoms with van der Waals surface area (Å²) in [6.07, 6.45) is 2.16. The number of nitrogens with zero attached hydrogens (tertiary/aromatic N) is 1. The molecule has 0 fully saturated rings. The molecule has 0 unspecified atom stereocenters. The summed E-state index contributed by atoms with van der Waals surface area (Å²) >= 11 is 0. The van der Waals surface area contributed by atoms with E-state index in [4.69, 9.17) is 4.84 Å². The van der Waals surface area contributed by atoms with Crippen molar-refractivity contribution in [3.05, 3.63) is 66.2 Å². The van der Waals surface area contributed by atoms with Gasteiger partial charge in [0.2, 0.25) is 0 Å². The number of halogens is 1. The fourth-order valence-electron chi connectivity index (χ4n) is 4.00. The van der Waals surface area contributed by atoms with Crippen LogP contribution in [0.5, 0.6) is 5.75 Å². The van der Waals surface area contributed by atoms with Gasteiger partial charge in [0, 0.05) is 18.4 Å². The molecule has 0 saturated carbocycles. The van der Waals surface area contributed by atoms with Crippen LogP contribution in [-0.4, -0.2) is 18.7 Å². The lowest BCUT2D eigenvalue weighted by molar-refractivity contribution is -1.10. The molecule has 3 heteroatoms. The van der Waals surface area contributed by atoms with E-state index in [9.17, 15) is 0 Å². The minimum absolute atomic E-state index is 0. The van der Waals surface area contributed by atoms with Gasteiger partial charge in [-0.1, -0.05) is 76.2 Å². The van der Waals surface area contributed by atoms with E-state index in [0.29, 0.717) is 16.5 Å². The third kappa shape index (κ3) is 5.25. The van der Waals surface area contributed by atoms with E-state index in [1.54, 1.807) is 0 Å². The van der Waals surface area contributed by atoms with Crippen LogP contribution in [0.3, 0.4) is 0 Å². The molecule has 0 atom stereocenters. The van der Waals surface area contributed by atoms with Crippen molar-refractivity contribution in [1.29, 1.82) is 0 Å². The van der Waals surface area contributed by atoms with Gasteiger partial charge in [0.1, 0.15) is 14.1 Å². The number of hydrogen-bond acceptors (Lipinski definition) is 1. The van der Waals surface area contributed by atoms with Crippen molar-refractivity contribution in [2.24, 2.45) is 11.8 Å². The summed E-state index contributed by atoms with van der Waals surface area (Å²) < 4.78 is 0.484. The van der Waals surface area contributed by atoms with E-state index in [-0.39, 0.29) is 17.9 Å². The summed E-state index contributed by atoms with van der Waals surface area (Å²) in [5.74, 6) is 2.08. The number of hydrogen-bond donors (Lipinski definition) is 0. The molecule has 2 rings (SSSR count). The van der Waals surface area contributed by atoms with Gasteiger partial charge in [-0.3, -0.25) is 0 Å². The first kappa shape index (κ1) is 22.5. The summed E-state index contributed by atoms with van der Waals surface area (Å²) in [7, 11) is 4.40. The van der Waals surface area contributed by atoms with Crippen molar-refractivity contribution >= 4 is 0 Å². The fourth-order valence-corrected chi connectivity index (χ4v) is 4.00. The lowest BCUT2D eigenvalue weighted by Gasteiger charge is -2.48. The molecule has 26 heavy (non-hydrogen) atoms. The van der Waals surface area contributed by atoms with Crippen molar-refractivity contribution in [3.63, 3.8) is 0 Å². The summed E-state index contributed by atoms with van der Waals surface area (Å²) in [5.41, 5.74) is 1.26. The quantitative estimate of drug-likeness (QED) is 0.509. The third-order valence-electron chi connectivity index (χ3n) is 4.91. The van der Waals surface area contributed by atoms with Crippen LogP contribution in [0, 0.1) is 11.8 Å². The molecule has 0 radical (unpaired) electrons. The number of para-hydroxylation sites is 1. The van der Waals surface area contributed by atoms with Crippen molar-refractivity contribution in [2.75, 3.05) is 14.1 Å². The molecule has 0 N–H and O–H groups in total. The topological polar surface area (TPSA) is 9.23 Å². The molecular weight excluding hydrogens is 342 g/mol. The largest absolute Gasteiger partial charge is 1.00 e. The summed E-state index contributed by atoms with van der Waals surface area (Å²) in [6.45, 7) is 9.22. The first-order chi connectivity index (χ1) is 11.8. The average Bonchev–Trinajstić information content (AvgIpc) is 2.54. The highest BCUT2D eigenvalue weighted by atomic mass is 35.5.